The summed E-state index contributed by atoms with van der Waals surface area (Å²) in [7, 11) is 5.66. The SMILES string of the molecule is CN(C)CCN(C)C(=O)c1ccc(Cl)nn1. The Bertz CT molecular complexity index is 352. The molecule has 0 radical (unpaired) electrons. The first-order valence-corrected chi connectivity index (χ1v) is 5.28. The van der Waals surface area contributed by atoms with Gasteiger partial charge in [0.15, 0.2) is 10.8 Å². The Hall–Kier alpha value is -1.20. The maximum atomic E-state index is 11.8. The van der Waals surface area contributed by atoms with Crippen LogP contribution >= 0.6 is 11.6 Å². The number of hydrogen-bond donors (Lipinski definition) is 0. The zero-order valence-electron chi connectivity index (χ0n) is 9.64. The minimum Gasteiger partial charge on any atom is -0.339 e. The molecule has 0 saturated heterocycles. The van der Waals surface area contributed by atoms with E-state index in [2.05, 4.69) is 10.2 Å². The molecule has 0 aliphatic rings. The molecule has 88 valence electrons. The quantitative estimate of drug-likeness (QED) is 0.783. The second kappa shape index (κ2) is 5.77. The first kappa shape index (κ1) is 12.9. The van der Waals surface area contributed by atoms with E-state index in [1.165, 1.54) is 0 Å². The molecule has 6 heteroatoms. The van der Waals surface area contributed by atoms with Crippen molar-refractivity contribution in [1.29, 1.82) is 0 Å². The van der Waals surface area contributed by atoms with Crippen molar-refractivity contribution >= 4 is 17.5 Å². The maximum Gasteiger partial charge on any atom is 0.274 e. The lowest BCUT2D eigenvalue weighted by Gasteiger charge is -2.18. The monoisotopic (exact) mass is 242 g/mol. The van der Waals surface area contributed by atoms with Gasteiger partial charge in [-0.3, -0.25) is 4.79 Å². The van der Waals surface area contributed by atoms with E-state index in [4.69, 9.17) is 11.6 Å². The van der Waals surface area contributed by atoms with E-state index in [0.717, 1.165) is 6.54 Å². The summed E-state index contributed by atoms with van der Waals surface area (Å²) in [4.78, 5) is 15.5. The van der Waals surface area contributed by atoms with Crippen molar-refractivity contribution in [3.05, 3.63) is 23.0 Å². The molecule has 0 aliphatic carbocycles. The van der Waals surface area contributed by atoms with Crippen LogP contribution in [0, 0.1) is 0 Å². The molecule has 1 heterocycles. The number of hydrogen-bond acceptors (Lipinski definition) is 4. The summed E-state index contributed by atoms with van der Waals surface area (Å²) in [6.45, 7) is 1.46. The lowest BCUT2D eigenvalue weighted by molar-refractivity contribution is 0.0779. The van der Waals surface area contributed by atoms with E-state index in [1.807, 2.05) is 19.0 Å². The van der Waals surface area contributed by atoms with Crippen molar-refractivity contribution in [3.8, 4) is 0 Å². The molecule has 1 aromatic heterocycles. The normalized spacial score (nSPS) is 10.6. The number of aromatic nitrogens is 2. The Morgan fingerprint density at radius 2 is 1.94 bits per heavy atom. The predicted molar refractivity (Wildman–Crippen MR) is 62.6 cm³/mol. The largest absolute Gasteiger partial charge is 0.339 e. The van der Waals surface area contributed by atoms with E-state index in [-0.39, 0.29) is 11.1 Å². The number of nitrogens with zero attached hydrogens (tertiary/aromatic N) is 4. The molecular formula is C10H15ClN4O. The summed E-state index contributed by atoms with van der Waals surface area (Å²) in [6, 6.07) is 3.13. The van der Waals surface area contributed by atoms with Gasteiger partial charge >= 0.3 is 0 Å². The first-order chi connectivity index (χ1) is 7.50. The lowest BCUT2D eigenvalue weighted by atomic mass is 10.3. The van der Waals surface area contributed by atoms with Crippen LogP contribution in [0.4, 0.5) is 0 Å². The van der Waals surface area contributed by atoms with Crippen LogP contribution < -0.4 is 0 Å². The summed E-state index contributed by atoms with van der Waals surface area (Å²) < 4.78 is 0. The lowest BCUT2D eigenvalue weighted by Crippen LogP contribution is -2.34. The van der Waals surface area contributed by atoms with Crippen LogP contribution in [-0.4, -0.2) is 60.1 Å². The maximum absolute atomic E-state index is 11.8. The number of amides is 1. The van der Waals surface area contributed by atoms with Gasteiger partial charge in [0, 0.05) is 20.1 Å². The van der Waals surface area contributed by atoms with Gasteiger partial charge in [-0.15, -0.1) is 10.2 Å². The zero-order chi connectivity index (χ0) is 12.1. The van der Waals surface area contributed by atoms with E-state index in [9.17, 15) is 4.79 Å². The van der Waals surface area contributed by atoms with Crippen molar-refractivity contribution < 1.29 is 4.79 Å². The van der Waals surface area contributed by atoms with Gasteiger partial charge in [-0.25, -0.2) is 0 Å². The molecular weight excluding hydrogens is 228 g/mol. The minimum absolute atomic E-state index is 0.147. The molecule has 1 rings (SSSR count). The van der Waals surface area contributed by atoms with Crippen molar-refractivity contribution in [2.24, 2.45) is 0 Å². The Balaban J connectivity index is 2.60. The van der Waals surface area contributed by atoms with Gasteiger partial charge in [0.2, 0.25) is 0 Å². The van der Waals surface area contributed by atoms with Crippen LogP contribution in [0.1, 0.15) is 10.5 Å². The summed E-state index contributed by atoms with van der Waals surface area (Å²) in [5.41, 5.74) is 0.311. The average Bonchev–Trinajstić information content (AvgIpc) is 2.26. The van der Waals surface area contributed by atoms with Gasteiger partial charge in [0.1, 0.15) is 0 Å². The molecule has 0 fully saturated rings. The molecule has 0 aromatic carbocycles. The van der Waals surface area contributed by atoms with Gasteiger partial charge in [0.25, 0.3) is 5.91 Å². The second-order valence-electron chi connectivity index (χ2n) is 3.77. The standard InChI is InChI=1S/C10H15ClN4O/c1-14(2)6-7-15(3)10(16)8-4-5-9(11)13-12-8/h4-5H,6-7H2,1-3H3. The molecule has 1 aromatic rings. The summed E-state index contributed by atoms with van der Waals surface area (Å²) >= 11 is 5.59. The van der Waals surface area contributed by atoms with Gasteiger partial charge in [-0.05, 0) is 26.2 Å². The van der Waals surface area contributed by atoms with Crippen LogP contribution in [0.5, 0.6) is 0 Å². The molecule has 0 unspecified atom stereocenters. The molecule has 0 aliphatic heterocycles. The van der Waals surface area contributed by atoms with Crippen molar-refractivity contribution in [1.82, 2.24) is 20.0 Å². The fourth-order valence-electron chi connectivity index (χ4n) is 1.08. The third-order valence-electron chi connectivity index (χ3n) is 2.08. The summed E-state index contributed by atoms with van der Waals surface area (Å²) in [5, 5.41) is 7.66. The highest BCUT2D eigenvalue weighted by Crippen LogP contribution is 2.04. The molecule has 0 N–H and O–H groups in total. The van der Waals surface area contributed by atoms with Crippen LogP contribution in [0.25, 0.3) is 0 Å². The van der Waals surface area contributed by atoms with Gasteiger partial charge in [-0.1, -0.05) is 11.6 Å². The molecule has 1 amide bonds. The van der Waals surface area contributed by atoms with E-state index in [0.29, 0.717) is 12.2 Å². The van der Waals surface area contributed by atoms with Gasteiger partial charge in [0.05, 0.1) is 0 Å². The highest BCUT2D eigenvalue weighted by molar-refractivity contribution is 6.29. The highest BCUT2D eigenvalue weighted by atomic mass is 35.5. The minimum atomic E-state index is -0.147. The molecule has 0 saturated carbocycles. The molecule has 0 atom stereocenters. The third kappa shape index (κ3) is 3.75. The van der Waals surface area contributed by atoms with Crippen LogP contribution in [-0.2, 0) is 0 Å². The van der Waals surface area contributed by atoms with Crippen molar-refractivity contribution in [3.63, 3.8) is 0 Å². The molecule has 5 nitrogen and oxygen atoms in total. The first-order valence-electron chi connectivity index (χ1n) is 4.90. The Kier molecular flexibility index (Phi) is 4.64. The Morgan fingerprint density at radius 3 is 2.44 bits per heavy atom. The Morgan fingerprint density at radius 1 is 1.25 bits per heavy atom. The summed E-state index contributed by atoms with van der Waals surface area (Å²) in [6.07, 6.45) is 0. The van der Waals surface area contributed by atoms with Crippen LogP contribution in [0.15, 0.2) is 12.1 Å². The topological polar surface area (TPSA) is 49.3 Å². The number of halogens is 1. The Labute approximate surface area is 100 Å². The van der Waals surface area contributed by atoms with Crippen LogP contribution in [0.3, 0.4) is 0 Å². The third-order valence-corrected chi connectivity index (χ3v) is 2.28. The van der Waals surface area contributed by atoms with Crippen molar-refractivity contribution in [2.75, 3.05) is 34.2 Å². The van der Waals surface area contributed by atoms with Gasteiger partial charge < -0.3 is 9.80 Å². The molecule has 0 bridgehead atoms. The van der Waals surface area contributed by atoms with E-state index in [1.54, 1.807) is 24.1 Å². The van der Waals surface area contributed by atoms with Gasteiger partial charge in [-0.2, -0.15) is 0 Å². The predicted octanol–water partition coefficient (Wildman–Crippen LogP) is 0.764. The fraction of sp³-hybridized carbons (Fsp3) is 0.500. The second-order valence-corrected chi connectivity index (χ2v) is 4.16. The molecule has 0 spiro atoms. The van der Waals surface area contributed by atoms with E-state index < -0.39 is 0 Å². The van der Waals surface area contributed by atoms with E-state index >= 15 is 0 Å². The fourth-order valence-corrected chi connectivity index (χ4v) is 1.18. The number of rotatable bonds is 4. The number of carbonyl (C=O) groups is 1. The summed E-state index contributed by atoms with van der Waals surface area (Å²) in [5.74, 6) is -0.147. The van der Waals surface area contributed by atoms with Crippen molar-refractivity contribution in [2.45, 2.75) is 0 Å². The smallest absolute Gasteiger partial charge is 0.274 e. The van der Waals surface area contributed by atoms with Crippen LogP contribution in [0.2, 0.25) is 5.15 Å². The number of carbonyl (C=O) groups excluding carboxylic acids is 1. The average molecular weight is 243 g/mol. The number of likely N-dealkylation sites (N-methyl/N-ethyl adjacent to an activating group) is 2. The molecule has 16 heavy (non-hydrogen) atoms. The highest BCUT2D eigenvalue weighted by Gasteiger charge is 2.13. The zero-order valence-corrected chi connectivity index (χ0v) is 10.4.